The molecule has 16 heavy (non-hydrogen) atoms. The van der Waals surface area contributed by atoms with Crippen LogP contribution in [-0.2, 0) is 0 Å². The lowest BCUT2D eigenvalue weighted by molar-refractivity contribution is 0.0691. The van der Waals surface area contributed by atoms with Gasteiger partial charge in [0.2, 0.25) is 0 Å². The van der Waals surface area contributed by atoms with E-state index in [-0.39, 0.29) is 5.69 Å². The summed E-state index contributed by atoms with van der Waals surface area (Å²) in [5, 5.41) is 9.02. The Morgan fingerprint density at radius 1 is 1.19 bits per heavy atom. The van der Waals surface area contributed by atoms with Crippen LogP contribution in [0, 0.1) is 6.92 Å². The molecule has 0 saturated carbocycles. The van der Waals surface area contributed by atoms with Crippen molar-refractivity contribution in [1.82, 2.24) is 4.98 Å². The monoisotopic (exact) mass is 213 g/mol. The van der Waals surface area contributed by atoms with Crippen molar-refractivity contribution in [2.75, 3.05) is 0 Å². The maximum Gasteiger partial charge on any atom is 0.355 e. The number of rotatable bonds is 2. The first-order chi connectivity index (χ1) is 7.68. The highest BCUT2D eigenvalue weighted by atomic mass is 16.4. The third kappa shape index (κ3) is 1.93. The highest BCUT2D eigenvalue weighted by Gasteiger charge is 2.11. The van der Waals surface area contributed by atoms with E-state index in [0.717, 1.165) is 11.1 Å². The minimum atomic E-state index is -1.00. The first-order valence-electron chi connectivity index (χ1n) is 4.94. The van der Waals surface area contributed by atoms with Gasteiger partial charge in [-0.05, 0) is 18.6 Å². The Morgan fingerprint density at radius 2 is 1.88 bits per heavy atom. The van der Waals surface area contributed by atoms with Gasteiger partial charge in [-0.2, -0.15) is 0 Å². The second kappa shape index (κ2) is 4.14. The molecule has 0 saturated heterocycles. The fraction of sp³-hybridized carbons (Fsp3) is 0.0769. The minimum absolute atomic E-state index is 0.0892. The number of nitrogens with zero attached hydrogens (tertiary/aromatic N) is 1. The number of carbonyl (C=O) groups is 1. The van der Waals surface area contributed by atoms with Crippen molar-refractivity contribution in [3.05, 3.63) is 53.9 Å². The lowest BCUT2D eigenvalue weighted by Gasteiger charge is -2.05. The summed E-state index contributed by atoms with van der Waals surface area (Å²) in [7, 11) is 0. The van der Waals surface area contributed by atoms with Crippen LogP contribution in [0.15, 0.2) is 42.6 Å². The summed E-state index contributed by atoms with van der Waals surface area (Å²) < 4.78 is 0. The number of aromatic carboxylic acids is 1. The van der Waals surface area contributed by atoms with E-state index in [2.05, 4.69) is 4.98 Å². The number of aromatic nitrogens is 1. The summed E-state index contributed by atoms with van der Waals surface area (Å²) in [5.41, 5.74) is 2.75. The van der Waals surface area contributed by atoms with Crippen molar-refractivity contribution < 1.29 is 9.90 Å². The summed E-state index contributed by atoms with van der Waals surface area (Å²) >= 11 is 0. The first-order valence-corrected chi connectivity index (χ1v) is 4.94. The van der Waals surface area contributed by atoms with Crippen molar-refractivity contribution >= 4 is 5.97 Å². The van der Waals surface area contributed by atoms with E-state index in [0.29, 0.717) is 5.56 Å². The summed E-state index contributed by atoms with van der Waals surface area (Å²) in [4.78, 5) is 14.9. The van der Waals surface area contributed by atoms with Crippen LogP contribution in [0.5, 0.6) is 0 Å². The molecule has 0 atom stereocenters. The van der Waals surface area contributed by atoms with Crippen molar-refractivity contribution in [1.29, 1.82) is 0 Å². The van der Waals surface area contributed by atoms with Gasteiger partial charge >= 0.3 is 5.97 Å². The van der Waals surface area contributed by atoms with Crippen molar-refractivity contribution in [3.63, 3.8) is 0 Å². The Balaban J connectivity index is 2.55. The standard InChI is InChI=1S/C13H11NO2/c1-9-4-6-10(7-5-9)11-3-2-8-14-12(11)13(15)16/h2-8H,1H3,(H,15,16). The Morgan fingerprint density at radius 3 is 2.50 bits per heavy atom. The normalized spacial score (nSPS) is 10.1. The molecular weight excluding hydrogens is 202 g/mol. The molecule has 0 aliphatic heterocycles. The lowest BCUT2D eigenvalue weighted by atomic mass is 10.0. The zero-order chi connectivity index (χ0) is 11.5. The molecule has 1 aromatic carbocycles. The van der Waals surface area contributed by atoms with Crippen LogP contribution >= 0.6 is 0 Å². The van der Waals surface area contributed by atoms with Crippen LogP contribution in [0.1, 0.15) is 16.1 Å². The number of aryl methyl sites for hydroxylation is 1. The molecule has 0 radical (unpaired) electrons. The maximum absolute atomic E-state index is 11.0. The molecular formula is C13H11NO2. The molecule has 1 N–H and O–H groups in total. The van der Waals surface area contributed by atoms with Crippen LogP contribution in [0.3, 0.4) is 0 Å². The van der Waals surface area contributed by atoms with Gasteiger partial charge in [-0.3, -0.25) is 0 Å². The van der Waals surface area contributed by atoms with Gasteiger partial charge in [0.15, 0.2) is 5.69 Å². The molecule has 0 unspecified atom stereocenters. The number of benzene rings is 1. The molecule has 1 aromatic heterocycles. The number of carboxylic acid groups (broad SMARTS) is 1. The van der Waals surface area contributed by atoms with Gasteiger partial charge in [0.1, 0.15) is 0 Å². The largest absolute Gasteiger partial charge is 0.476 e. The predicted octanol–water partition coefficient (Wildman–Crippen LogP) is 2.76. The number of pyridine rings is 1. The van der Waals surface area contributed by atoms with Crippen molar-refractivity contribution in [2.45, 2.75) is 6.92 Å². The molecule has 1 heterocycles. The quantitative estimate of drug-likeness (QED) is 0.834. The van der Waals surface area contributed by atoms with Crippen LogP contribution < -0.4 is 0 Å². The molecule has 0 aliphatic rings. The maximum atomic E-state index is 11.0. The first kappa shape index (κ1) is 10.4. The number of hydrogen-bond donors (Lipinski definition) is 1. The Hall–Kier alpha value is -2.16. The van der Waals surface area contributed by atoms with Gasteiger partial charge in [-0.25, -0.2) is 9.78 Å². The smallest absolute Gasteiger partial charge is 0.355 e. The predicted molar refractivity (Wildman–Crippen MR) is 61.4 cm³/mol. The second-order valence-electron chi connectivity index (χ2n) is 3.57. The fourth-order valence-electron chi connectivity index (χ4n) is 1.54. The molecule has 80 valence electrons. The van der Waals surface area contributed by atoms with Crippen LogP contribution in [0.25, 0.3) is 11.1 Å². The van der Waals surface area contributed by atoms with E-state index in [9.17, 15) is 4.79 Å². The molecule has 3 nitrogen and oxygen atoms in total. The molecule has 0 bridgehead atoms. The minimum Gasteiger partial charge on any atom is -0.476 e. The Kier molecular flexibility index (Phi) is 2.68. The summed E-state index contributed by atoms with van der Waals surface area (Å²) in [6.45, 7) is 1.99. The van der Waals surface area contributed by atoms with Gasteiger partial charge in [-0.15, -0.1) is 0 Å². The molecule has 3 heteroatoms. The highest BCUT2D eigenvalue weighted by Crippen LogP contribution is 2.22. The average molecular weight is 213 g/mol. The molecule has 0 aliphatic carbocycles. The van der Waals surface area contributed by atoms with E-state index in [1.54, 1.807) is 12.1 Å². The van der Waals surface area contributed by atoms with E-state index >= 15 is 0 Å². The second-order valence-corrected chi connectivity index (χ2v) is 3.57. The number of hydrogen-bond acceptors (Lipinski definition) is 2. The summed E-state index contributed by atoms with van der Waals surface area (Å²) in [6.07, 6.45) is 1.49. The summed E-state index contributed by atoms with van der Waals surface area (Å²) in [6, 6.07) is 11.2. The highest BCUT2D eigenvalue weighted by molar-refractivity contribution is 5.93. The van der Waals surface area contributed by atoms with Gasteiger partial charge in [0.05, 0.1) is 0 Å². The van der Waals surface area contributed by atoms with E-state index in [1.807, 2.05) is 31.2 Å². The summed E-state index contributed by atoms with van der Waals surface area (Å²) in [5.74, 6) is -1.00. The van der Waals surface area contributed by atoms with Crippen molar-refractivity contribution in [3.8, 4) is 11.1 Å². The third-order valence-corrected chi connectivity index (χ3v) is 2.37. The van der Waals surface area contributed by atoms with Gasteiger partial charge in [0, 0.05) is 11.8 Å². The zero-order valence-corrected chi connectivity index (χ0v) is 8.84. The zero-order valence-electron chi connectivity index (χ0n) is 8.84. The SMILES string of the molecule is Cc1ccc(-c2cccnc2C(=O)O)cc1. The third-order valence-electron chi connectivity index (χ3n) is 2.37. The van der Waals surface area contributed by atoms with Crippen LogP contribution in [0.4, 0.5) is 0 Å². The van der Waals surface area contributed by atoms with Crippen LogP contribution in [-0.4, -0.2) is 16.1 Å². The fourth-order valence-corrected chi connectivity index (χ4v) is 1.54. The van der Waals surface area contributed by atoms with Crippen LogP contribution in [0.2, 0.25) is 0 Å². The molecule has 2 aromatic rings. The average Bonchev–Trinajstić information content (AvgIpc) is 2.30. The molecule has 0 fully saturated rings. The molecule has 0 amide bonds. The van der Waals surface area contributed by atoms with E-state index in [1.165, 1.54) is 6.20 Å². The van der Waals surface area contributed by atoms with Gasteiger partial charge < -0.3 is 5.11 Å². The van der Waals surface area contributed by atoms with E-state index < -0.39 is 5.97 Å². The van der Waals surface area contributed by atoms with Crippen molar-refractivity contribution in [2.24, 2.45) is 0 Å². The molecule has 2 rings (SSSR count). The van der Waals surface area contributed by atoms with Gasteiger partial charge in [0.25, 0.3) is 0 Å². The Bertz CT molecular complexity index is 518. The Labute approximate surface area is 93.4 Å². The lowest BCUT2D eigenvalue weighted by Crippen LogP contribution is -2.02. The molecule has 0 spiro atoms. The number of carboxylic acids is 1. The topological polar surface area (TPSA) is 50.2 Å². The van der Waals surface area contributed by atoms with E-state index in [4.69, 9.17) is 5.11 Å². The van der Waals surface area contributed by atoms with Gasteiger partial charge in [-0.1, -0.05) is 35.9 Å².